The third-order valence-electron chi connectivity index (χ3n) is 3.51. The van der Waals surface area contributed by atoms with Gasteiger partial charge >= 0.3 is 0 Å². The topological polar surface area (TPSA) is 48.9 Å². The minimum Gasteiger partial charge on any atom is -0.507 e. The number of nitrogens with one attached hydrogen (secondary N) is 1. The second-order valence-corrected chi connectivity index (χ2v) is 4.67. The first-order valence-electron chi connectivity index (χ1n) is 5.90. The van der Waals surface area contributed by atoms with Gasteiger partial charge in [-0.1, -0.05) is 25.7 Å². The summed E-state index contributed by atoms with van der Waals surface area (Å²) < 4.78 is 0. The Hall–Kier alpha value is -1.51. The summed E-state index contributed by atoms with van der Waals surface area (Å²) in [4.78, 5) is 0. The van der Waals surface area contributed by atoms with E-state index in [1.807, 2.05) is 6.07 Å². The van der Waals surface area contributed by atoms with Gasteiger partial charge in [0.05, 0.1) is 11.2 Å². The molecule has 1 radical (unpaired) electrons. The Bertz CT molecular complexity index is 498. The number of phenols is 1. The predicted molar refractivity (Wildman–Crippen MR) is 62.3 cm³/mol. The van der Waals surface area contributed by atoms with E-state index >= 15 is 0 Å². The van der Waals surface area contributed by atoms with Crippen LogP contribution in [-0.4, -0.2) is 15.3 Å². The lowest BCUT2D eigenvalue weighted by Gasteiger charge is -2.05. The van der Waals surface area contributed by atoms with E-state index in [4.69, 9.17) is 0 Å². The number of aromatic hydroxyl groups is 1. The molecule has 16 heavy (non-hydrogen) atoms. The second kappa shape index (κ2) is 3.81. The molecule has 3 heteroatoms. The van der Waals surface area contributed by atoms with Crippen molar-refractivity contribution in [2.45, 2.75) is 32.1 Å². The molecule has 1 aliphatic rings. The van der Waals surface area contributed by atoms with Gasteiger partial charge in [0.2, 0.25) is 0 Å². The monoisotopic (exact) mass is 215 g/mol. The molecule has 0 unspecified atom stereocenters. The van der Waals surface area contributed by atoms with Crippen LogP contribution in [0.5, 0.6) is 5.75 Å². The second-order valence-electron chi connectivity index (χ2n) is 4.67. The van der Waals surface area contributed by atoms with Gasteiger partial charge in [-0.3, -0.25) is 5.10 Å². The van der Waals surface area contributed by atoms with E-state index in [-0.39, 0.29) is 5.75 Å². The van der Waals surface area contributed by atoms with Gasteiger partial charge in [-0.2, -0.15) is 5.10 Å². The van der Waals surface area contributed by atoms with Gasteiger partial charge in [-0.05, 0) is 18.4 Å². The van der Waals surface area contributed by atoms with E-state index in [1.54, 1.807) is 6.07 Å². The molecular formula is C13H15N2O. The Morgan fingerprint density at radius 1 is 1.44 bits per heavy atom. The smallest absolute Gasteiger partial charge is 0.125 e. The van der Waals surface area contributed by atoms with E-state index in [0.717, 1.165) is 28.9 Å². The number of nitrogens with zero attached hydrogens (tertiary/aromatic N) is 1. The van der Waals surface area contributed by atoms with Crippen LogP contribution >= 0.6 is 0 Å². The van der Waals surface area contributed by atoms with Crippen LogP contribution in [0.25, 0.3) is 10.9 Å². The number of hydrogen-bond acceptors (Lipinski definition) is 2. The third kappa shape index (κ3) is 1.66. The number of aromatic nitrogens is 2. The first-order valence-corrected chi connectivity index (χ1v) is 5.90. The molecule has 1 heterocycles. The minimum absolute atomic E-state index is 0.170. The normalized spacial score (nSPS) is 17.2. The quantitative estimate of drug-likeness (QED) is 0.809. The lowest BCUT2D eigenvalue weighted by Crippen LogP contribution is -1.99. The maximum absolute atomic E-state index is 9.32. The summed E-state index contributed by atoms with van der Waals surface area (Å²) in [6.45, 7) is 0. The average Bonchev–Trinajstić information content (AvgIpc) is 2.89. The van der Waals surface area contributed by atoms with Crippen molar-refractivity contribution in [2.24, 2.45) is 5.92 Å². The van der Waals surface area contributed by atoms with E-state index in [0.29, 0.717) is 0 Å². The van der Waals surface area contributed by atoms with Gasteiger partial charge in [0, 0.05) is 17.5 Å². The fourth-order valence-electron chi connectivity index (χ4n) is 2.64. The van der Waals surface area contributed by atoms with Gasteiger partial charge in [0.1, 0.15) is 5.75 Å². The zero-order chi connectivity index (χ0) is 11.0. The molecule has 1 aromatic heterocycles. The lowest BCUT2D eigenvalue weighted by molar-refractivity contribution is 0.475. The zero-order valence-electron chi connectivity index (χ0n) is 9.16. The molecule has 2 N–H and O–H groups in total. The standard InChI is InChI=1S/C13H15N2O/c16-10-5-6-11-12(14-15-13(11)8-10)7-9-3-1-2-4-9/h6,8-9,16H,1-4,7H2,(H,14,15). The van der Waals surface area contributed by atoms with Crippen LogP contribution in [-0.2, 0) is 6.42 Å². The van der Waals surface area contributed by atoms with Crippen molar-refractivity contribution in [3.8, 4) is 5.75 Å². The molecule has 0 amide bonds. The van der Waals surface area contributed by atoms with Crippen molar-refractivity contribution >= 4 is 10.9 Å². The summed E-state index contributed by atoms with van der Waals surface area (Å²) in [5, 5.41) is 17.7. The summed E-state index contributed by atoms with van der Waals surface area (Å²) in [7, 11) is 0. The highest BCUT2D eigenvalue weighted by atomic mass is 16.3. The van der Waals surface area contributed by atoms with Gasteiger partial charge in [0.25, 0.3) is 0 Å². The van der Waals surface area contributed by atoms with Crippen LogP contribution < -0.4 is 0 Å². The average molecular weight is 215 g/mol. The Labute approximate surface area is 94.5 Å². The number of rotatable bonds is 2. The van der Waals surface area contributed by atoms with E-state index in [1.165, 1.54) is 25.7 Å². The Morgan fingerprint density at radius 2 is 2.25 bits per heavy atom. The van der Waals surface area contributed by atoms with E-state index in [2.05, 4.69) is 16.3 Å². The van der Waals surface area contributed by atoms with Crippen LogP contribution in [0.4, 0.5) is 0 Å². The molecule has 0 bridgehead atoms. The number of hydrogen-bond donors (Lipinski definition) is 2. The van der Waals surface area contributed by atoms with Crippen molar-refractivity contribution in [1.82, 2.24) is 10.2 Å². The summed E-state index contributed by atoms with van der Waals surface area (Å²) in [5.74, 6) is 0.962. The van der Waals surface area contributed by atoms with E-state index in [9.17, 15) is 5.11 Å². The molecule has 0 saturated heterocycles. The first kappa shape index (κ1) is 9.70. The SMILES string of the molecule is Oc1[c]cc2c(CC3CCCC3)n[nH]c2c1. The van der Waals surface area contributed by atoms with Crippen molar-refractivity contribution < 1.29 is 5.11 Å². The molecular weight excluding hydrogens is 200 g/mol. The van der Waals surface area contributed by atoms with Crippen LogP contribution in [0, 0.1) is 12.0 Å². The van der Waals surface area contributed by atoms with Crippen LogP contribution in [0.15, 0.2) is 12.1 Å². The summed E-state index contributed by atoms with van der Waals surface area (Å²) in [6, 6.07) is 6.33. The third-order valence-corrected chi connectivity index (χ3v) is 3.51. The molecule has 2 aromatic rings. The number of phenolic OH excluding ortho intramolecular Hbond substituents is 1. The minimum atomic E-state index is 0.170. The Morgan fingerprint density at radius 3 is 3.06 bits per heavy atom. The summed E-state index contributed by atoms with van der Waals surface area (Å²) in [6.07, 6.45) is 6.44. The fourth-order valence-corrected chi connectivity index (χ4v) is 2.64. The molecule has 3 nitrogen and oxygen atoms in total. The number of aromatic amines is 1. The molecule has 1 fully saturated rings. The van der Waals surface area contributed by atoms with E-state index < -0.39 is 0 Å². The van der Waals surface area contributed by atoms with Gasteiger partial charge < -0.3 is 5.11 Å². The Kier molecular flexibility index (Phi) is 2.31. The predicted octanol–water partition coefficient (Wildman–Crippen LogP) is 2.80. The molecule has 83 valence electrons. The number of fused-ring (bicyclic) bond motifs is 1. The van der Waals surface area contributed by atoms with Gasteiger partial charge in [-0.15, -0.1) is 0 Å². The largest absolute Gasteiger partial charge is 0.507 e. The fraction of sp³-hybridized carbons (Fsp3) is 0.462. The van der Waals surface area contributed by atoms with Crippen molar-refractivity contribution in [3.63, 3.8) is 0 Å². The molecule has 1 aliphatic carbocycles. The maximum Gasteiger partial charge on any atom is 0.125 e. The highest BCUT2D eigenvalue weighted by Gasteiger charge is 2.18. The van der Waals surface area contributed by atoms with Crippen LogP contribution in [0.2, 0.25) is 0 Å². The molecule has 3 rings (SSSR count). The highest BCUT2D eigenvalue weighted by Crippen LogP contribution is 2.30. The number of benzene rings is 1. The molecule has 0 atom stereocenters. The summed E-state index contributed by atoms with van der Waals surface area (Å²) in [5.41, 5.74) is 2.03. The van der Waals surface area contributed by atoms with Crippen molar-refractivity contribution in [3.05, 3.63) is 23.9 Å². The lowest BCUT2D eigenvalue weighted by atomic mass is 10.00. The van der Waals surface area contributed by atoms with Crippen LogP contribution in [0.3, 0.4) is 0 Å². The van der Waals surface area contributed by atoms with Gasteiger partial charge in [0.15, 0.2) is 0 Å². The highest BCUT2D eigenvalue weighted by molar-refractivity contribution is 5.82. The van der Waals surface area contributed by atoms with Crippen molar-refractivity contribution in [1.29, 1.82) is 0 Å². The maximum atomic E-state index is 9.32. The molecule has 0 aliphatic heterocycles. The molecule has 0 spiro atoms. The molecule has 1 saturated carbocycles. The first-order chi connectivity index (χ1) is 7.83. The zero-order valence-corrected chi connectivity index (χ0v) is 9.16. The van der Waals surface area contributed by atoms with Crippen LogP contribution in [0.1, 0.15) is 31.4 Å². The molecule has 1 aromatic carbocycles. The van der Waals surface area contributed by atoms with Crippen molar-refractivity contribution in [2.75, 3.05) is 0 Å². The summed E-state index contributed by atoms with van der Waals surface area (Å²) >= 11 is 0. The van der Waals surface area contributed by atoms with Gasteiger partial charge in [-0.25, -0.2) is 0 Å². The number of H-pyrrole nitrogens is 1. The Balaban J connectivity index is 1.91.